The van der Waals surface area contributed by atoms with Crippen molar-refractivity contribution in [1.82, 2.24) is 19.5 Å². The standard InChI is InChI=1S/C16H25N5O6S/c1-24-3-4-26-5-6-28-16-20-10-13(17)18-8-19-14(10)21(16)15-12(25-2)11(23)9(7-22)27-15/h8-9,11-12,15,22-23H,3-7H2,1-2H3,(H2,17,18,19)/t9-,11-,12-,15-/m1/s1. The molecule has 1 aliphatic rings. The molecule has 0 saturated carbocycles. The minimum Gasteiger partial charge on any atom is -0.394 e. The smallest absolute Gasteiger partial charge is 0.172 e. The SMILES string of the molecule is COCCOCCSc1nc2c(N)ncnc2n1[C@@H]1O[C@H](CO)[C@@H](O)[C@H]1OC. The van der Waals surface area contributed by atoms with Crippen LogP contribution in [0.4, 0.5) is 5.82 Å². The number of nitrogens with two attached hydrogens (primary N) is 1. The zero-order valence-electron chi connectivity index (χ0n) is 15.7. The maximum absolute atomic E-state index is 10.4. The molecule has 0 amide bonds. The number of anilines is 1. The first-order chi connectivity index (χ1) is 13.6. The fraction of sp³-hybridized carbons (Fsp3) is 0.688. The van der Waals surface area contributed by atoms with E-state index in [1.807, 2.05) is 0 Å². The Hall–Kier alpha value is -1.54. The van der Waals surface area contributed by atoms with Gasteiger partial charge in [0.25, 0.3) is 0 Å². The van der Waals surface area contributed by atoms with Gasteiger partial charge in [-0.25, -0.2) is 15.0 Å². The van der Waals surface area contributed by atoms with Crippen molar-refractivity contribution in [3.8, 4) is 0 Å². The zero-order valence-corrected chi connectivity index (χ0v) is 16.5. The highest BCUT2D eigenvalue weighted by molar-refractivity contribution is 7.99. The molecule has 3 rings (SSSR count). The van der Waals surface area contributed by atoms with Crippen LogP contribution in [0.2, 0.25) is 0 Å². The molecular formula is C16H25N5O6S. The van der Waals surface area contributed by atoms with Gasteiger partial charge in [0.1, 0.15) is 24.6 Å². The highest BCUT2D eigenvalue weighted by atomic mass is 32.2. The Labute approximate surface area is 166 Å². The monoisotopic (exact) mass is 415 g/mol. The lowest BCUT2D eigenvalue weighted by Gasteiger charge is -2.21. The average Bonchev–Trinajstić information content (AvgIpc) is 3.22. The molecule has 2 aromatic rings. The third kappa shape index (κ3) is 4.22. The van der Waals surface area contributed by atoms with Crippen LogP contribution in [0.1, 0.15) is 6.23 Å². The number of aliphatic hydroxyl groups is 2. The predicted octanol–water partition coefficient (Wildman–Crippen LogP) is -0.571. The third-order valence-corrected chi connectivity index (χ3v) is 5.30. The van der Waals surface area contributed by atoms with Crippen LogP contribution in [0.15, 0.2) is 11.5 Å². The molecule has 0 spiro atoms. The largest absolute Gasteiger partial charge is 0.394 e. The molecule has 4 N–H and O–H groups in total. The lowest BCUT2D eigenvalue weighted by Crippen LogP contribution is -2.34. The van der Waals surface area contributed by atoms with E-state index in [4.69, 9.17) is 24.7 Å². The van der Waals surface area contributed by atoms with Gasteiger partial charge in [0, 0.05) is 20.0 Å². The number of nitrogens with zero attached hydrogens (tertiary/aromatic N) is 4. The summed E-state index contributed by atoms with van der Waals surface area (Å²) < 4.78 is 23.5. The van der Waals surface area contributed by atoms with Gasteiger partial charge in [0.05, 0.1) is 26.4 Å². The lowest BCUT2D eigenvalue weighted by atomic mass is 10.1. The summed E-state index contributed by atoms with van der Waals surface area (Å²) in [6, 6.07) is 0. The molecule has 0 aromatic carbocycles. The Morgan fingerprint density at radius 2 is 2.11 bits per heavy atom. The number of hydrogen-bond donors (Lipinski definition) is 3. The van der Waals surface area contributed by atoms with Crippen LogP contribution < -0.4 is 5.73 Å². The summed E-state index contributed by atoms with van der Waals surface area (Å²) in [4.78, 5) is 12.8. The molecule has 1 fully saturated rings. The van der Waals surface area contributed by atoms with Gasteiger partial charge in [-0.3, -0.25) is 4.57 Å². The van der Waals surface area contributed by atoms with E-state index >= 15 is 0 Å². The maximum Gasteiger partial charge on any atom is 0.172 e. The van der Waals surface area contributed by atoms with Crippen molar-refractivity contribution in [3.63, 3.8) is 0 Å². The molecule has 12 heteroatoms. The van der Waals surface area contributed by atoms with Crippen LogP contribution in [-0.2, 0) is 18.9 Å². The van der Waals surface area contributed by atoms with Gasteiger partial charge in [-0.1, -0.05) is 11.8 Å². The van der Waals surface area contributed by atoms with E-state index < -0.39 is 24.5 Å². The zero-order chi connectivity index (χ0) is 20.1. The second-order valence-corrected chi connectivity index (χ2v) is 7.15. The topological polar surface area (TPSA) is 147 Å². The number of aromatic nitrogens is 4. The van der Waals surface area contributed by atoms with E-state index in [-0.39, 0.29) is 12.4 Å². The molecule has 4 atom stereocenters. The maximum atomic E-state index is 10.4. The van der Waals surface area contributed by atoms with Gasteiger partial charge in [-0.05, 0) is 0 Å². The molecule has 156 valence electrons. The number of nitrogen functional groups attached to an aromatic ring is 1. The number of thioether (sulfide) groups is 1. The van der Waals surface area contributed by atoms with E-state index in [0.717, 1.165) is 0 Å². The van der Waals surface area contributed by atoms with Crippen LogP contribution in [0.25, 0.3) is 11.2 Å². The molecule has 2 aromatic heterocycles. The molecule has 28 heavy (non-hydrogen) atoms. The third-order valence-electron chi connectivity index (χ3n) is 4.38. The number of rotatable bonds is 10. The van der Waals surface area contributed by atoms with Crippen LogP contribution in [0.3, 0.4) is 0 Å². The van der Waals surface area contributed by atoms with Gasteiger partial charge in [-0.15, -0.1) is 0 Å². The van der Waals surface area contributed by atoms with Gasteiger partial charge in [0.2, 0.25) is 0 Å². The van der Waals surface area contributed by atoms with Crippen LogP contribution >= 0.6 is 11.8 Å². The van der Waals surface area contributed by atoms with Crippen LogP contribution in [0.5, 0.6) is 0 Å². The molecule has 0 aliphatic carbocycles. The summed E-state index contributed by atoms with van der Waals surface area (Å²) >= 11 is 1.43. The molecule has 0 bridgehead atoms. The number of imidazole rings is 1. The van der Waals surface area contributed by atoms with Gasteiger partial charge >= 0.3 is 0 Å². The summed E-state index contributed by atoms with van der Waals surface area (Å²) in [6.07, 6.45) is -1.86. The van der Waals surface area contributed by atoms with Gasteiger partial charge in [-0.2, -0.15) is 0 Å². The van der Waals surface area contributed by atoms with E-state index in [1.165, 1.54) is 25.2 Å². The van der Waals surface area contributed by atoms with Crippen molar-refractivity contribution in [2.75, 3.05) is 52.1 Å². The van der Waals surface area contributed by atoms with Crippen molar-refractivity contribution < 1.29 is 29.2 Å². The molecule has 11 nitrogen and oxygen atoms in total. The lowest BCUT2D eigenvalue weighted by molar-refractivity contribution is -0.0623. The molecule has 1 aliphatic heterocycles. The number of methoxy groups -OCH3 is 2. The number of aliphatic hydroxyl groups excluding tert-OH is 2. The van der Waals surface area contributed by atoms with Crippen LogP contribution in [0, 0.1) is 0 Å². The Balaban J connectivity index is 1.88. The number of ether oxygens (including phenoxy) is 4. The van der Waals surface area contributed by atoms with Crippen LogP contribution in [-0.4, -0.2) is 94.4 Å². The molecule has 0 unspecified atom stereocenters. The molecule has 1 saturated heterocycles. The van der Waals surface area contributed by atoms with E-state index in [9.17, 15) is 10.2 Å². The minimum atomic E-state index is -0.994. The second kappa shape index (κ2) is 9.78. The van der Waals surface area contributed by atoms with E-state index in [0.29, 0.717) is 41.9 Å². The van der Waals surface area contributed by atoms with E-state index in [2.05, 4.69) is 15.0 Å². The quantitative estimate of drug-likeness (QED) is 0.338. The summed E-state index contributed by atoms with van der Waals surface area (Å²) in [6.45, 7) is 1.20. The Kier molecular flexibility index (Phi) is 7.40. The highest BCUT2D eigenvalue weighted by Crippen LogP contribution is 2.37. The Bertz CT molecular complexity index is 777. The fourth-order valence-electron chi connectivity index (χ4n) is 3.01. The second-order valence-electron chi connectivity index (χ2n) is 6.09. The van der Waals surface area contributed by atoms with Crippen molar-refractivity contribution in [2.24, 2.45) is 0 Å². The van der Waals surface area contributed by atoms with Crippen molar-refractivity contribution in [1.29, 1.82) is 0 Å². The first-order valence-corrected chi connectivity index (χ1v) is 9.76. The summed E-state index contributed by atoms with van der Waals surface area (Å²) in [7, 11) is 3.09. The first-order valence-electron chi connectivity index (χ1n) is 8.77. The minimum absolute atomic E-state index is 0.244. The molecule has 3 heterocycles. The number of hydrogen-bond acceptors (Lipinski definition) is 11. The summed E-state index contributed by atoms with van der Waals surface area (Å²) in [5.41, 5.74) is 6.86. The Morgan fingerprint density at radius 3 is 2.82 bits per heavy atom. The summed E-state index contributed by atoms with van der Waals surface area (Å²) in [5.74, 6) is 0.865. The molecular weight excluding hydrogens is 390 g/mol. The van der Waals surface area contributed by atoms with Gasteiger partial charge in [0.15, 0.2) is 28.4 Å². The van der Waals surface area contributed by atoms with Gasteiger partial charge < -0.3 is 34.9 Å². The fourth-order valence-corrected chi connectivity index (χ4v) is 3.87. The predicted molar refractivity (Wildman–Crippen MR) is 101 cm³/mol. The highest BCUT2D eigenvalue weighted by Gasteiger charge is 2.46. The first kappa shape index (κ1) is 21.2. The number of fused-ring (bicyclic) bond motifs is 1. The van der Waals surface area contributed by atoms with Crippen molar-refractivity contribution in [3.05, 3.63) is 6.33 Å². The molecule has 0 radical (unpaired) electrons. The summed E-state index contributed by atoms with van der Waals surface area (Å²) in [5, 5.41) is 20.5. The van der Waals surface area contributed by atoms with Crippen molar-refractivity contribution >= 4 is 28.7 Å². The Morgan fingerprint density at radius 1 is 1.29 bits per heavy atom. The average molecular weight is 415 g/mol. The van der Waals surface area contributed by atoms with E-state index in [1.54, 1.807) is 11.7 Å². The normalized spacial score (nSPS) is 25.0. The van der Waals surface area contributed by atoms with Crippen molar-refractivity contribution in [2.45, 2.75) is 29.7 Å².